The van der Waals surface area contributed by atoms with Crippen LogP contribution in [0.1, 0.15) is 45.1 Å². The van der Waals surface area contributed by atoms with E-state index in [1.165, 1.54) is 5.56 Å². The average molecular weight is 304 g/mol. The monoisotopic (exact) mass is 304 g/mol. The van der Waals surface area contributed by atoms with Gasteiger partial charge in [-0.1, -0.05) is 44.2 Å². The van der Waals surface area contributed by atoms with Crippen molar-refractivity contribution < 1.29 is 9.59 Å². The normalized spacial score (nSPS) is 10.3. The predicted molar refractivity (Wildman–Crippen MR) is 89.6 cm³/mol. The van der Waals surface area contributed by atoms with Crippen LogP contribution in [0.4, 0.5) is 0 Å². The molecule has 0 atom stereocenters. The van der Waals surface area contributed by atoms with Crippen molar-refractivity contribution in [1.29, 1.82) is 0 Å². The van der Waals surface area contributed by atoms with E-state index in [1.54, 1.807) is 4.90 Å². The molecule has 0 saturated carbocycles. The summed E-state index contributed by atoms with van der Waals surface area (Å²) in [7, 11) is 0. The lowest BCUT2D eigenvalue weighted by Crippen LogP contribution is -2.37. The number of aryl methyl sites for hydroxylation is 1. The smallest absolute Gasteiger partial charge is 0.232 e. The fourth-order valence-electron chi connectivity index (χ4n) is 2.38. The van der Waals surface area contributed by atoms with Crippen LogP contribution in [0.3, 0.4) is 0 Å². The molecule has 4 heteroatoms. The quantitative estimate of drug-likeness (QED) is 0.534. The van der Waals surface area contributed by atoms with Crippen molar-refractivity contribution in [3.8, 4) is 0 Å². The third-order valence-corrected chi connectivity index (χ3v) is 3.46. The second-order valence-corrected chi connectivity index (χ2v) is 5.50. The highest BCUT2D eigenvalue weighted by Crippen LogP contribution is 2.02. The molecule has 0 aliphatic carbocycles. The Morgan fingerprint density at radius 3 is 2.27 bits per heavy atom. The zero-order valence-corrected chi connectivity index (χ0v) is 13.8. The van der Waals surface area contributed by atoms with Gasteiger partial charge in [-0.15, -0.1) is 0 Å². The van der Waals surface area contributed by atoms with E-state index in [0.29, 0.717) is 6.54 Å². The summed E-state index contributed by atoms with van der Waals surface area (Å²) in [6.07, 6.45) is 3.63. The molecule has 0 heterocycles. The van der Waals surface area contributed by atoms with E-state index in [2.05, 4.69) is 17.4 Å². The van der Waals surface area contributed by atoms with Gasteiger partial charge in [0.25, 0.3) is 0 Å². The van der Waals surface area contributed by atoms with Crippen LogP contribution >= 0.6 is 0 Å². The summed E-state index contributed by atoms with van der Waals surface area (Å²) in [5.41, 5.74) is 1.27. The van der Waals surface area contributed by atoms with Gasteiger partial charge in [-0.2, -0.15) is 0 Å². The van der Waals surface area contributed by atoms with Gasteiger partial charge < -0.3 is 10.2 Å². The van der Waals surface area contributed by atoms with Crippen molar-refractivity contribution in [2.24, 2.45) is 0 Å². The molecule has 0 spiro atoms. The van der Waals surface area contributed by atoms with Crippen LogP contribution in [0.15, 0.2) is 30.3 Å². The standard InChI is InChI=1S/C18H28N2O2/c1-3-13-20(14-4-2)18(22)15-17(21)19-12-8-11-16-9-6-5-7-10-16/h5-7,9-10H,3-4,8,11-15H2,1-2H3,(H,19,21). The maximum atomic E-state index is 12.1. The molecule has 0 saturated heterocycles. The van der Waals surface area contributed by atoms with Gasteiger partial charge in [0.05, 0.1) is 0 Å². The second-order valence-electron chi connectivity index (χ2n) is 5.50. The number of carbonyl (C=O) groups is 2. The van der Waals surface area contributed by atoms with Crippen LogP contribution in [0.25, 0.3) is 0 Å². The summed E-state index contributed by atoms with van der Waals surface area (Å²) in [5.74, 6) is -0.237. The van der Waals surface area contributed by atoms with Crippen LogP contribution in [-0.2, 0) is 16.0 Å². The first-order valence-corrected chi connectivity index (χ1v) is 8.25. The SMILES string of the molecule is CCCN(CCC)C(=O)CC(=O)NCCCc1ccccc1. The number of nitrogens with zero attached hydrogens (tertiary/aromatic N) is 1. The number of amides is 2. The molecule has 0 fully saturated rings. The predicted octanol–water partition coefficient (Wildman–Crippen LogP) is 2.77. The summed E-state index contributed by atoms with van der Waals surface area (Å²) >= 11 is 0. The molecule has 122 valence electrons. The number of carbonyl (C=O) groups excluding carboxylic acids is 2. The zero-order chi connectivity index (χ0) is 16.2. The Hall–Kier alpha value is -1.84. The number of hydrogen-bond donors (Lipinski definition) is 1. The Morgan fingerprint density at radius 2 is 1.68 bits per heavy atom. The summed E-state index contributed by atoms with van der Waals surface area (Å²) in [6, 6.07) is 10.2. The molecule has 0 unspecified atom stereocenters. The zero-order valence-electron chi connectivity index (χ0n) is 13.8. The highest BCUT2D eigenvalue weighted by atomic mass is 16.2. The van der Waals surface area contributed by atoms with Gasteiger partial charge in [0, 0.05) is 19.6 Å². The van der Waals surface area contributed by atoms with Gasteiger partial charge in [0.15, 0.2) is 0 Å². The van der Waals surface area contributed by atoms with Crippen molar-refractivity contribution in [3.63, 3.8) is 0 Å². The van der Waals surface area contributed by atoms with E-state index in [1.807, 2.05) is 32.0 Å². The van der Waals surface area contributed by atoms with Gasteiger partial charge in [0.1, 0.15) is 6.42 Å². The Bertz CT molecular complexity index is 440. The molecule has 0 aliphatic rings. The third-order valence-electron chi connectivity index (χ3n) is 3.46. The first kappa shape index (κ1) is 18.2. The van der Waals surface area contributed by atoms with Crippen molar-refractivity contribution in [2.45, 2.75) is 46.0 Å². The summed E-state index contributed by atoms with van der Waals surface area (Å²) in [4.78, 5) is 25.7. The Kier molecular flexibility index (Phi) is 8.96. The van der Waals surface area contributed by atoms with E-state index in [-0.39, 0.29) is 18.2 Å². The molecule has 22 heavy (non-hydrogen) atoms. The van der Waals surface area contributed by atoms with Crippen molar-refractivity contribution in [1.82, 2.24) is 10.2 Å². The Balaban J connectivity index is 2.23. The molecule has 4 nitrogen and oxygen atoms in total. The molecule has 0 bridgehead atoms. The number of hydrogen-bond acceptors (Lipinski definition) is 2. The van der Waals surface area contributed by atoms with Gasteiger partial charge in [-0.3, -0.25) is 9.59 Å². The van der Waals surface area contributed by atoms with E-state index in [4.69, 9.17) is 0 Å². The van der Waals surface area contributed by atoms with Crippen molar-refractivity contribution in [2.75, 3.05) is 19.6 Å². The average Bonchev–Trinajstić information content (AvgIpc) is 2.52. The molecule has 1 N–H and O–H groups in total. The van der Waals surface area contributed by atoms with Crippen molar-refractivity contribution in [3.05, 3.63) is 35.9 Å². The van der Waals surface area contributed by atoms with Crippen molar-refractivity contribution >= 4 is 11.8 Å². The van der Waals surface area contributed by atoms with Gasteiger partial charge >= 0.3 is 0 Å². The largest absolute Gasteiger partial charge is 0.356 e. The van der Waals surface area contributed by atoms with E-state index >= 15 is 0 Å². The number of rotatable bonds is 10. The molecular weight excluding hydrogens is 276 g/mol. The van der Waals surface area contributed by atoms with E-state index in [9.17, 15) is 9.59 Å². The molecule has 2 amide bonds. The van der Waals surface area contributed by atoms with Crippen LogP contribution < -0.4 is 5.32 Å². The molecule has 1 aromatic carbocycles. The first-order valence-electron chi connectivity index (χ1n) is 8.25. The van der Waals surface area contributed by atoms with Gasteiger partial charge in [-0.25, -0.2) is 0 Å². The van der Waals surface area contributed by atoms with Gasteiger partial charge in [-0.05, 0) is 31.2 Å². The summed E-state index contributed by atoms with van der Waals surface area (Å²) < 4.78 is 0. The molecule has 0 aliphatic heterocycles. The van der Waals surface area contributed by atoms with Crippen LogP contribution in [-0.4, -0.2) is 36.3 Å². The highest BCUT2D eigenvalue weighted by Gasteiger charge is 2.15. The molecule has 1 aromatic rings. The minimum atomic E-state index is -0.171. The lowest BCUT2D eigenvalue weighted by atomic mass is 10.1. The maximum absolute atomic E-state index is 12.1. The van der Waals surface area contributed by atoms with Gasteiger partial charge in [0.2, 0.25) is 11.8 Å². The van der Waals surface area contributed by atoms with Crippen LogP contribution in [0.5, 0.6) is 0 Å². The fraction of sp³-hybridized carbons (Fsp3) is 0.556. The number of nitrogens with one attached hydrogen (secondary N) is 1. The summed E-state index contributed by atoms with van der Waals surface area (Å²) in [5, 5.41) is 2.84. The third kappa shape index (κ3) is 7.25. The topological polar surface area (TPSA) is 49.4 Å². The van der Waals surface area contributed by atoms with Crippen LogP contribution in [0, 0.1) is 0 Å². The minimum Gasteiger partial charge on any atom is -0.356 e. The summed E-state index contributed by atoms with van der Waals surface area (Å²) in [6.45, 7) is 6.16. The number of benzene rings is 1. The molecular formula is C18H28N2O2. The second kappa shape index (κ2) is 10.8. The molecule has 0 aromatic heterocycles. The Morgan fingerprint density at radius 1 is 1.05 bits per heavy atom. The van der Waals surface area contributed by atoms with E-state index in [0.717, 1.165) is 38.8 Å². The lowest BCUT2D eigenvalue weighted by molar-refractivity contribution is -0.136. The minimum absolute atomic E-state index is 0.0364. The molecule has 1 rings (SSSR count). The maximum Gasteiger partial charge on any atom is 0.232 e. The highest BCUT2D eigenvalue weighted by molar-refractivity contribution is 5.96. The van der Waals surface area contributed by atoms with Crippen LogP contribution in [0.2, 0.25) is 0 Å². The Labute approximate surface area is 133 Å². The van der Waals surface area contributed by atoms with E-state index < -0.39 is 0 Å². The fourth-order valence-corrected chi connectivity index (χ4v) is 2.38. The molecule has 0 radical (unpaired) electrons. The first-order chi connectivity index (χ1) is 10.7. The lowest BCUT2D eigenvalue weighted by Gasteiger charge is -2.21.